The predicted octanol–water partition coefficient (Wildman–Crippen LogP) is 3.50. The number of hydrogen-bond donors (Lipinski definition) is 2. The van der Waals surface area contributed by atoms with E-state index in [9.17, 15) is 14.7 Å². The lowest BCUT2D eigenvalue weighted by molar-refractivity contribution is 0.0516. The molecule has 0 radical (unpaired) electrons. The van der Waals surface area contributed by atoms with Crippen LogP contribution in [-0.2, 0) is 4.74 Å². The molecule has 2 heterocycles. The molecule has 2 rings (SSSR count). The molecular weight excluding hydrogens is 360 g/mol. The van der Waals surface area contributed by atoms with Crippen molar-refractivity contribution in [2.24, 2.45) is 5.92 Å². The van der Waals surface area contributed by atoms with Gasteiger partial charge in [0.05, 0.1) is 6.04 Å². The Balaban J connectivity index is 2.40. The lowest BCUT2D eigenvalue weighted by Crippen LogP contribution is -2.37. The number of rotatable bonds is 5. The van der Waals surface area contributed by atoms with Crippen LogP contribution in [0.3, 0.4) is 0 Å². The smallest absolute Gasteiger partial charge is 0.407 e. The number of fused-ring (bicyclic) bond motifs is 1. The van der Waals surface area contributed by atoms with E-state index in [0.717, 1.165) is 0 Å². The second-order valence-corrected chi connectivity index (χ2v) is 7.65. The summed E-state index contributed by atoms with van der Waals surface area (Å²) in [5, 5.41) is 12.9. The lowest BCUT2D eigenvalue weighted by atomic mass is 10.0. The third-order valence-electron chi connectivity index (χ3n) is 3.72. The number of alkyl carbamates (subject to hydrolysis) is 1. The Morgan fingerprint density at radius 1 is 1.38 bits per heavy atom. The largest absolute Gasteiger partial charge is 0.477 e. The van der Waals surface area contributed by atoms with Crippen molar-refractivity contribution in [1.82, 2.24) is 19.9 Å². The summed E-state index contributed by atoms with van der Waals surface area (Å²) in [5.41, 5.74) is -0.154. The molecule has 26 heavy (non-hydrogen) atoms. The molecule has 2 N–H and O–H groups in total. The summed E-state index contributed by atoms with van der Waals surface area (Å²) < 4.78 is 6.82. The first-order valence-electron chi connectivity index (χ1n) is 8.23. The van der Waals surface area contributed by atoms with Gasteiger partial charge in [-0.2, -0.15) is 4.98 Å². The van der Waals surface area contributed by atoms with Gasteiger partial charge in [0.15, 0.2) is 0 Å². The van der Waals surface area contributed by atoms with Gasteiger partial charge < -0.3 is 19.7 Å². The Bertz CT molecular complexity index is 826. The fourth-order valence-electron chi connectivity index (χ4n) is 2.61. The first kappa shape index (κ1) is 20.0. The molecule has 9 heteroatoms. The third kappa shape index (κ3) is 4.63. The number of carbonyl (C=O) groups is 2. The number of carboxylic acids is 1. The molecule has 0 unspecified atom stereocenters. The summed E-state index contributed by atoms with van der Waals surface area (Å²) >= 11 is 5.89. The molecule has 2 aromatic rings. The molecule has 0 aromatic carbocycles. The molecule has 0 saturated carbocycles. The number of aromatic nitrogens is 3. The van der Waals surface area contributed by atoms with Gasteiger partial charge in [-0.1, -0.05) is 13.8 Å². The fourth-order valence-corrected chi connectivity index (χ4v) is 2.74. The monoisotopic (exact) mass is 382 g/mol. The van der Waals surface area contributed by atoms with E-state index in [4.69, 9.17) is 16.3 Å². The summed E-state index contributed by atoms with van der Waals surface area (Å²) in [4.78, 5) is 31.8. The Hall–Kier alpha value is -2.35. The van der Waals surface area contributed by atoms with Crippen LogP contribution >= 0.6 is 11.6 Å². The highest BCUT2D eigenvalue weighted by molar-refractivity contribution is 6.28. The highest BCUT2D eigenvalue weighted by Crippen LogP contribution is 2.27. The Kier molecular flexibility index (Phi) is 5.75. The molecule has 1 atom stereocenters. The number of carboxylic acid groups (broad SMARTS) is 1. The van der Waals surface area contributed by atoms with Crippen LogP contribution in [0.4, 0.5) is 4.79 Å². The summed E-state index contributed by atoms with van der Waals surface area (Å²) in [5.74, 6) is -1.09. The van der Waals surface area contributed by atoms with E-state index < -0.39 is 17.7 Å². The molecule has 0 aliphatic heterocycles. The maximum Gasteiger partial charge on any atom is 0.407 e. The van der Waals surface area contributed by atoms with Crippen molar-refractivity contribution in [1.29, 1.82) is 0 Å². The molecule has 0 aliphatic rings. The van der Waals surface area contributed by atoms with Gasteiger partial charge in [-0.05, 0) is 44.4 Å². The second kappa shape index (κ2) is 7.49. The van der Waals surface area contributed by atoms with Crippen LogP contribution in [0.1, 0.15) is 51.1 Å². The predicted molar refractivity (Wildman–Crippen MR) is 97.6 cm³/mol. The van der Waals surface area contributed by atoms with Gasteiger partial charge in [-0.15, -0.1) is 0 Å². The maximum atomic E-state index is 12.0. The van der Waals surface area contributed by atoms with Crippen LogP contribution < -0.4 is 5.32 Å². The highest BCUT2D eigenvalue weighted by Gasteiger charge is 2.26. The number of nitrogens with zero attached hydrogens (tertiary/aromatic N) is 3. The van der Waals surface area contributed by atoms with E-state index in [1.807, 2.05) is 13.8 Å². The minimum Gasteiger partial charge on any atom is -0.477 e. The average molecular weight is 383 g/mol. The molecule has 0 fully saturated rings. The summed E-state index contributed by atoms with van der Waals surface area (Å²) in [6.07, 6.45) is 0.913. The van der Waals surface area contributed by atoms with Crippen molar-refractivity contribution in [3.05, 3.63) is 23.2 Å². The van der Waals surface area contributed by atoms with Crippen molar-refractivity contribution in [3.63, 3.8) is 0 Å². The quantitative estimate of drug-likeness (QED) is 0.766. The van der Waals surface area contributed by atoms with Gasteiger partial charge in [0.1, 0.15) is 16.9 Å². The SMILES string of the molecule is CC(C)[C@H](CNC(=O)OC(C)(C)C)n1c(C(=O)O)cc2cnc(Cl)nc21. The zero-order chi connectivity index (χ0) is 19.6. The molecule has 0 spiro atoms. The van der Waals surface area contributed by atoms with E-state index in [-0.39, 0.29) is 29.5 Å². The van der Waals surface area contributed by atoms with Gasteiger partial charge in [-0.25, -0.2) is 14.6 Å². The second-order valence-electron chi connectivity index (χ2n) is 7.32. The average Bonchev–Trinajstić information content (AvgIpc) is 2.84. The number of aromatic carboxylic acids is 1. The van der Waals surface area contributed by atoms with Crippen LogP contribution in [0, 0.1) is 5.92 Å². The summed E-state index contributed by atoms with van der Waals surface area (Å²) in [6.45, 7) is 9.36. The molecule has 0 bridgehead atoms. The molecule has 8 nitrogen and oxygen atoms in total. The normalized spacial score (nSPS) is 13.0. The van der Waals surface area contributed by atoms with Gasteiger partial charge in [0.2, 0.25) is 5.28 Å². The summed E-state index contributed by atoms with van der Waals surface area (Å²) in [6, 6.07) is 1.13. The molecule has 1 amide bonds. The maximum absolute atomic E-state index is 12.0. The number of ether oxygens (including phenoxy) is 1. The number of amides is 1. The minimum absolute atomic E-state index is 0.00683. The number of hydrogen-bond acceptors (Lipinski definition) is 5. The van der Waals surface area contributed by atoms with E-state index in [1.165, 1.54) is 12.3 Å². The number of nitrogens with one attached hydrogen (secondary N) is 1. The van der Waals surface area contributed by atoms with Gasteiger partial charge in [0, 0.05) is 18.1 Å². The number of carbonyl (C=O) groups excluding carboxylic acids is 1. The Labute approximate surface area is 156 Å². The van der Waals surface area contributed by atoms with Crippen molar-refractivity contribution in [2.75, 3.05) is 6.54 Å². The first-order chi connectivity index (χ1) is 12.0. The third-order valence-corrected chi connectivity index (χ3v) is 3.90. The van der Waals surface area contributed by atoms with Crippen LogP contribution in [0.15, 0.2) is 12.3 Å². The molecule has 0 saturated heterocycles. The molecule has 0 aliphatic carbocycles. The first-order valence-corrected chi connectivity index (χ1v) is 8.61. The van der Waals surface area contributed by atoms with Crippen molar-refractivity contribution in [2.45, 2.75) is 46.3 Å². The minimum atomic E-state index is -1.10. The van der Waals surface area contributed by atoms with Gasteiger partial charge >= 0.3 is 12.1 Å². The van der Waals surface area contributed by atoms with E-state index >= 15 is 0 Å². The van der Waals surface area contributed by atoms with E-state index in [2.05, 4.69) is 15.3 Å². The van der Waals surface area contributed by atoms with Crippen LogP contribution in [-0.4, -0.2) is 43.8 Å². The van der Waals surface area contributed by atoms with Crippen molar-refractivity contribution >= 4 is 34.7 Å². The highest BCUT2D eigenvalue weighted by atomic mass is 35.5. The standard InChI is InChI=1S/C17H23ClN4O4/c1-9(2)12(8-20-16(25)26-17(3,4)5)22-11(14(23)24)6-10-7-19-15(18)21-13(10)22/h6-7,9,12H,8H2,1-5H3,(H,20,25)(H,23,24)/t12-/m0/s1. The zero-order valence-corrected chi connectivity index (χ0v) is 16.2. The topological polar surface area (TPSA) is 106 Å². The fraction of sp³-hybridized carbons (Fsp3) is 0.529. The Morgan fingerprint density at radius 3 is 2.58 bits per heavy atom. The molecular formula is C17H23ClN4O4. The van der Waals surface area contributed by atoms with E-state index in [0.29, 0.717) is 11.0 Å². The lowest BCUT2D eigenvalue weighted by Gasteiger charge is -2.26. The zero-order valence-electron chi connectivity index (χ0n) is 15.4. The van der Waals surface area contributed by atoms with Crippen LogP contribution in [0.5, 0.6) is 0 Å². The number of halogens is 1. The van der Waals surface area contributed by atoms with Crippen LogP contribution in [0.25, 0.3) is 11.0 Å². The van der Waals surface area contributed by atoms with Crippen molar-refractivity contribution in [3.8, 4) is 0 Å². The Morgan fingerprint density at radius 2 is 2.04 bits per heavy atom. The van der Waals surface area contributed by atoms with Crippen LogP contribution in [0.2, 0.25) is 5.28 Å². The molecule has 142 valence electrons. The summed E-state index contributed by atoms with van der Waals surface area (Å²) in [7, 11) is 0. The van der Waals surface area contributed by atoms with Gasteiger partial charge in [-0.3, -0.25) is 0 Å². The van der Waals surface area contributed by atoms with Crippen molar-refractivity contribution < 1.29 is 19.4 Å². The molecule has 2 aromatic heterocycles. The van der Waals surface area contributed by atoms with E-state index in [1.54, 1.807) is 25.3 Å². The van der Waals surface area contributed by atoms with Gasteiger partial charge in [0.25, 0.3) is 0 Å².